The molecule has 0 unspecified atom stereocenters. The van der Waals surface area contributed by atoms with E-state index in [1.54, 1.807) is 24.3 Å². The van der Waals surface area contributed by atoms with E-state index in [4.69, 9.17) is 9.47 Å². The number of rotatable bonds is 9. The lowest BCUT2D eigenvalue weighted by Gasteiger charge is -2.17. The van der Waals surface area contributed by atoms with E-state index < -0.39 is 22.8 Å². The van der Waals surface area contributed by atoms with E-state index in [9.17, 15) is 19.7 Å². The minimum Gasteiger partial charge on any atom is -0.489 e. The molecule has 0 aliphatic rings. The summed E-state index contributed by atoms with van der Waals surface area (Å²) < 4.78 is 10.6. The third kappa shape index (κ3) is 6.15. The van der Waals surface area contributed by atoms with Crippen LogP contribution in [0.15, 0.2) is 78.9 Å². The first kappa shape index (κ1) is 22.5. The van der Waals surface area contributed by atoms with E-state index in [0.717, 1.165) is 17.2 Å². The molecule has 32 heavy (non-hydrogen) atoms. The molecule has 3 aromatic carbocycles. The first-order chi connectivity index (χ1) is 15.5. The molecule has 0 bridgehead atoms. The molecule has 8 heteroatoms. The van der Waals surface area contributed by atoms with Crippen molar-refractivity contribution >= 4 is 17.6 Å². The number of nitro groups is 1. The lowest BCUT2D eigenvalue weighted by Crippen LogP contribution is -2.43. The van der Waals surface area contributed by atoms with Crippen LogP contribution in [0.5, 0.6) is 5.75 Å². The molecule has 0 aliphatic carbocycles. The van der Waals surface area contributed by atoms with Crippen molar-refractivity contribution in [2.75, 3.05) is 7.11 Å². The molecule has 1 amide bonds. The summed E-state index contributed by atoms with van der Waals surface area (Å²) in [5, 5.41) is 13.5. The highest BCUT2D eigenvalue weighted by Crippen LogP contribution is 2.17. The molecule has 1 atom stereocenters. The summed E-state index contributed by atoms with van der Waals surface area (Å²) in [6, 6.07) is 21.3. The fraction of sp³-hybridized carbons (Fsp3) is 0.167. The molecule has 0 saturated carbocycles. The van der Waals surface area contributed by atoms with Crippen LogP contribution in [0.1, 0.15) is 21.5 Å². The Hall–Kier alpha value is -4.20. The van der Waals surface area contributed by atoms with Crippen molar-refractivity contribution in [2.24, 2.45) is 0 Å². The average molecular weight is 434 g/mol. The van der Waals surface area contributed by atoms with Gasteiger partial charge in [0.1, 0.15) is 18.4 Å². The maximum absolute atomic E-state index is 12.6. The van der Waals surface area contributed by atoms with Crippen molar-refractivity contribution in [1.82, 2.24) is 5.32 Å². The lowest BCUT2D eigenvalue weighted by molar-refractivity contribution is -0.384. The van der Waals surface area contributed by atoms with Gasteiger partial charge in [0.25, 0.3) is 11.6 Å². The van der Waals surface area contributed by atoms with Gasteiger partial charge in [0.2, 0.25) is 0 Å². The highest BCUT2D eigenvalue weighted by atomic mass is 16.6. The normalized spacial score (nSPS) is 11.3. The van der Waals surface area contributed by atoms with Gasteiger partial charge in [-0.2, -0.15) is 0 Å². The van der Waals surface area contributed by atoms with Gasteiger partial charge in [-0.3, -0.25) is 14.9 Å². The van der Waals surface area contributed by atoms with E-state index in [1.165, 1.54) is 25.3 Å². The first-order valence-electron chi connectivity index (χ1n) is 9.85. The summed E-state index contributed by atoms with van der Waals surface area (Å²) in [5.74, 6) is -0.548. The SMILES string of the molecule is COC(=O)[C@@H](Cc1ccc(OCc2ccccc2)cc1)NC(=O)c1cccc([N+](=O)[O-])c1. The Kier molecular flexibility index (Phi) is 7.53. The van der Waals surface area contributed by atoms with Crippen LogP contribution in [0.3, 0.4) is 0 Å². The Bertz CT molecular complexity index is 1080. The van der Waals surface area contributed by atoms with Crippen molar-refractivity contribution in [2.45, 2.75) is 19.1 Å². The van der Waals surface area contributed by atoms with Crippen LogP contribution in [0.4, 0.5) is 5.69 Å². The molecule has 0 fully saturated rings. The molecular formula is C24H22N2O6. The third-order valence-electron chi connectivity index (χ3n) is 4.72. The van der Waals surface area contributed by atoms with Gasteiger partial charge in [0.05, 0.1) is 12.0 Å². The van der Waals surface area contributed by atoms with Gasteiger partial charge in [0.15, 0.2) is 0 Å². The standard InChI is InChI=1S/C24H22N2O6/c1-31-24(28)22(25-23(27)19-8-5-9-20(15-19)26(29)30)14-17-10-12-21(13-11-17)32-16-18-6-3-2-4-7-18/h2-13,15,22H,14,16H2,1H3,(H,25,27)/t22-/m1/s1. The topological polar surface area (TPSA) is 108 Å². The van der Waals surface area contributed by atoms with E-state index in [-0.39, 0.29) is 17.7 Å². The minimum atomic E-state index is -0.956. The number of non-ortho nitro benzene ring substituents is 1. The zero-order chi connectivity index (χ0) is 22.9. The quantitative estimate of drug-likeness (QED) is 0.313. The molecule has 3 aromatic rings. The molecule has 0 heterocycles. The Labute approximate surface area is 184 Å². The molecule has 164 valence electrons. The van der Waals surface area contributed by atoms with Gasteiger partial charge in [-0.1, -0.05) is 48.5 Å². The molecule has 3 rings (SSSR count). The van der Waals surface area contributed by atoms with Crippen LogP contribution in [-0.4, -0.2) is 30.0 Å². The summed E-state index contributed by atoms with van der Waals surface area (Å²) in [7, 11) is 1.23. The number of ether oxygens (including phenoxy) is 2. The number of carbonyl (C=O) groups is 2. The van der Waals surface area contributed by atoms with Gasteiger partial charge in [0, 0.05) is 24.1 Å². The van der Waals surface area contributed by atoms with Crippen molar-refractivity contribution in [3.8, 4) is 5.75 Å². The molecule has 1 N–H and O–H groups in total. The number of benzene rings is 3. The van der Waals surface area contributed by atoms with Crippen molar-refractivity contribution in [3.63, 3.8) is 0 Å². The zero-order valence-corrected chi connectivity index (χ0v) is 17.4. The van der Waals surface area contributed by atoms with Crippen molar-refractivity contribution < 1.29 is 24.0 Å². The number of amides is 1. The molecule has 8 nitrogen and oxygen atoms in total. The van der Waals surface area contributed by atoms with E-state index in [2.05, 4.69) is 5.32 Å². The minimum absolute atomic E-state index is 0.0813. The predicted octanol–water partition coefficient (Wildman–Crippen LogP) is 3.69. The fourth-order valence-electron chi connectivity index (χ4n) is 3.04. The van der Waals surface area contributed by atoms with Gasteiger partial charge in [-0.25, -0.2) is 4.79 Å². The largest absolute Gasteiger partial charge is 0.489 e. The zero-order valence-electron chi connectivity index (χ0n) is 17.4. The first-order valence-corrected chi connectivity index (χ1v) is 9.85. The second-order valence-electron chi connectivity index (χ2n) is 6.98. The van der Waals surface area contributed by atoms with Crippen LogP contribution in [-0.2, 0) is 22.6 Å². The van der Waals surface area contributed by atoms with Crippen LogP contribution in [0.25, 0.3) is 0 Å². The molecule has 0 spiro atoms. The predicted molar refractivity (Wildman–Crippen MR) is 117 cm³/mol. The van der Waals surface area contributed by atoms with Crippen LogP contribution in [0.2, 0.25) is 0 Å². The maximum Gasteiger partial charge on any atom is 0.328 e. The Balaban J connectivity index is 1.65. The van der Waals surface area contributed by atoms with Gasteiger partial charge >= 0.3 is 5.97 Å². The number of nitrogens with zero attached hydrogens (tertiary/aromatic N) is 1. The molecule has 0 aromatic heterocycles. The second-order valence-corrected chi connectivity index (χ2v) is 6.98. The van der Waals surface area contributed by atoms with E-state index >= 15 is 0 Å². The maximum atomic E-state index is 12.6. The number of hydrogen-bond acceptors (Lipinski definition) is 6. The molecular weight excluding hydrogens is 412 g/mol. The highest BCUT2D eigenvalue weighted by Gasteiger charge is 2.23. The summed E-state index contributed by atoms with van der Waals surface area (Å²) in [6.45, 7) is 0.435. The molecule has 0 saturated heterocycles. The summed E-state index contributed by atoms with van der Waals surface area (Å²) in [6.07, 6.45) is 0.187. The van der Waals surface area contributed by atoms with Crippen LogP contribution in [0, 0.1) is 10.1 Å². The highest BCUT2D eigenvalue weighted by molar-refractivity contribution is 5.97. The third-order valence-corrected chi connectivity index (χ3v) is 4.72. The Morgan fingerprint density at radius 1 is 0.969 bits per heavy atom. The summed E-state index contributed by atoms with van der Waals surface area (Å²) in [4.78, 5) is 35.1. The Morgan fingerprint density at radius 3 is 2.34 bits per heavy atom. The van der Waals surface area contributed by atoms with Crippen molar-refractivity contribution in [3.05, 3.63) is 106 Å². The van der Waals surface area contributed by atoms with Crippen molar-refractivity contribution in [1.29, 1.82) is 0 Å². The van der Waals surface area contributed by atoms with E-state index in [1.807, 2.05) is 30.3 Å². The monoisotopic (exact) mass is 434 g/mol. The summed E-state index contributed by atoms with van der Waals surface area (Å²) >= 11 is 0. The fourth-order valence-corrected chi connectivity index (χ4v) is 3.04. The molecule has 0 aliphatic heterocycles. The van der Waals surface area contributed by atoms with Crippen LogP contribution >= 0.6 is 0 Å². The second kappa shape index (κ2) is 10.7. The number of carbonyl (C=O) groups excluding carboxylic acids is 2. The number of esters is 1. The van der Waals surface area contributed by atoms with E-state index in [0.29, 0.717) is 12.4 Å². The number of nitro benzene ring substituents is 1. The molecule has 0 radical (unpaired) electrons. The van der Waals surface area contributed by atoms with Gasteiger partial charge < -0.3 is 14.8 Å². The van der Waals surface area contributed by atoms with Gasteiger partial charge in [-0.15, -0.1) is 0 Å². The number of methoxy groups -OCH3 is 1. The van der Waals surface area contributed by atoms with Gasteiger partial charge in [-0.05, 0) is 29.3 Å². The number of hydrogen-bond donors (Lipinski definition) is 1. The lowest BCUT2D eigenvalue weighted by atomic mass is 10.0. The Morgan fingerprint density at radius 2 is 1.69 bits per heavy atom. The number of nitrogens with one attached hydrogen (secondary N) is 1. The summed E-state index contributed by atoms with van der Waals surface area (Å²) in [5.41, 5.74) is 1.70. The van der Waals surface area contributed by atoms with Crippen LogP contribution < -0.4 is 10.1 Å². The smallest absolute Gasteiger partial charge is 0.328 e. The average Bonchev–Trinajstić information content (AvgIpc) is 2.83.